The topological polar surface area (TPSA) is 119 Å². The van der Waals surface area contributed by atoms with E-state index in [1.807, 2.05) is 20.2 Å². The van der Waals surface area contributed by atoms with Crippen LogP contribution in [0.5, 0.6) is 0 Å². The molecule has 0 aromatic heterocycles. The first-order chi connectivity index (χ1) is 11.5. The van der Waals surface area contributed by atoms with E-state index in [9.17, 15) is 0 Å². The summed E-state index contributed by atoms with van der Waals surface area (Å²) >= 11 is 1.75. The van der Waals surface area contributed by atoms with Crippen molar-refractivity contribution in [2.24, 2.45) is 0 Å². The molecule has 2 aliphatic rings. The Morgan fingerprint density at radius 2 is 1.80 bits per heavy atom. The van der Waals surface area contributed by atoms with Gasteiger partial charge in [-0.25, -0.2) is 18.0 Å². The minimum atomic E-state index is -4.92. The van der Waals surface area contributed by atoms with Gasteiger partial charge >= 0.3 is 0 Å². The van der Waals surface area contributed by atoms with E-state index in [4.69, 9.17) is 28.2 Å². The Balaban J connectivity index is 0.000000399. The molecular formula is C16H19N3O4S2. The first-order valence-corrected chi connectivity index (χ1v) is 9.44. The quantitative estimate of drug-likeness (QED) is 0.201. The molecule has 0 spiro atoms. The molecule has 0 bridgehead atoms. The molecule has 1 aromatic rings. The van der Waals surface area contributed by atoms with Crippen LogP contribution in [0, 0.1) is 13.8 Å². The molecule has 25 heavy (non-hydrogen) atoms. The van der Waals surface area contributed by atoms with E-state index in [2.05, 4.69) is 36.6 Å². The third-order valence-corrected chi connectivity index (χ3v) is 4.86. The number of hydrogen-bond acceptors (Lipinski definition) is 6. The van der Waals surface area contributed by atoms with E-state index in [-0.39, 0.29) is 0 Å². The van der Waals surface area contributed by atoms with Crippen LogP contribution in [0.3, 0.4) is 0 Å². The monoisotopic (exact) mass is 381 g/mol. The van der Waals surface area contributed by atoms with Crippen LogP contribution in [-0.4, -0.2) is 36.6 Å². The van der Waals surface area contributed by atoms with Crippen LogP contribution in [0.15, 0.2) is 24.3 Å². The van der Waals surface area contributed by atoms with Gasteiger partial charge in [-0.3, -0.25) is 4.55 Å². The highest BCUT2D eigenvalue weighted by molar-refractivity contribution is 7.79. The van der Waals surface area contributed by atoms with Crippen LogP contribution in [0.4, 0.5) is 5.69 Å². The Bertz CT molecular complexity index is 1080. The van der Waals surface area contributed by atoms with Gasteiger partial charge in [-0.2, -0.15) is 0 Å². The van der Waals surface area contributed by atoms with Crippen molar-refractivity contribution < 1.29 is 17.5 Å². The zero-order chi connectivity index (χ0) is 18.9. The van der Waals surface area contributed by atoms with E-state index < -0.39 is 10.4 Å². The lowest BCUT2D eigenvalue weighted by atomic mass is 10.1. The number of aryl methyl sites for hydroxylation is 1. The normalized spacial score (nSPS) is 11.3. The zero-order valence-corrected chi connectivity index (χ0v) is 15.9. The molecule has 1 aliphatic heterocycles. The number of hydrogen-bond donors (Lipinski definition) is 2. The van der Waals surface area contributed by atoms with Crippen molar-refractivity contribution in [1.82, 2.24) is 9.56 Å². The second-order valence-electron chi connectivity index (χ2n) is 5.75. The van der Waals surface area contributed by atoms with Gasteiger partial charge in [0.1, 0.15) is 14.1 Å². The number of benzene rings is 2. The smallest absolute Gasteiger partial charge is 0.215 e. The first-order valence-electron chi connectivity index (χ1n) is 7.26. The number of fused-ring (bicyclic) bond motifs is 2. The molecule has 0 saturated carbocycles. The molecule has 9 heteroatoms. The Morgan fingerprint density at radius 1 is 1.20 bits per heavy atom. The minimum absolute atomic E-state index is 0.844. The van der Waals surface area contributed by atoms with Crippen LogP contribution in [0.25, 0.3) is 20.8 Å². The third-order valence-electron chi connectivity index (χ3n) is 3.78. The van der Waals surface area contributed by atoms with Gasteiger partial charge in [0.05, 0.1) is 20.8 Å². The lowest BCUT2D eigenvalue weighted by molar-refractivity contribution is 0.366. The molecule has 0 saturated heterocycles. The summed E-state index contributed by atoms with van der Waals surface area (Å²) in [5, 5.41) is 1.19. The predicted octanol–water partition coefficient (Wildman–Crippen LogP) is 1.64. The maximum atomic E-state index is 8.63. The number of nitrogen functional groups attached to an aromatic ring is 1. The van der Waals surface area contributed by atoms with Crippen molar-refractivity contribution >= 4 is 37.6 Å². The van der Waals surface area contributed by atoms with Gasteiger partial charge in [0.25, 0.3) is 0 Å². The van der Waals surface area contributed by atoms with Crippen molar-refractivity contribution in [3.63, 3.8) is 0 Å². The maximum absolute atomic E-state index is 8.63. The van der Waals surface area contributed by atoms with E-state index in [1.54, 1.807) is 11.3 Å². The van der Waals surface area contributed by atoms with Crippen molar-refractivity contribution in [2.75, 3.05) is 19.8 Å². The summed E-state index contributed by atoms with van der Waals surface area (Å²) in [6.45, 7) is 4.14. The van der Waals surface area contributed by atoms with Crippen molar-refractivity contribution in [1.29, 1.82) is 0 Å². The number of anilines is 1. The van der Waals surface area contributed by atoms with Gasteiger partial charge in [-0.1, -0.05) is 0 Å². The van der Waals surface area contributed by atoms with Gasteiger partial charge in [0.15, 0.2) is 0 Å². The van der Waals surface area contributed by atoms with E-state index in [0.29, 0.717) is 0 Å². The fourth-order valence-electron chi connectivity index (χ4n) is 2.31. The van der Waals surface area contributed by atoms with Crippen LogP contribution in [0.2, 0.25) is 0 Å². The number of aromatic nitrogens is 1. The number of nitrogens with zero attached hydrogens (tertiary/aromatic N) is 2. The van der Waals surface area contributed by atoms with Gasteiger partial charge in [-0.05, 0) is 37.1 Å². The first kappa shape index (κ1) is 19.3. The highest BCUT2D eigenvalue weighted by atomic mass is 32.3. The van der Waals surface area contributed by atoms with Gasteiger partial charge in [0.2, 0.25) is 15.8 Å². The van der Waals surface area contributed by atoms with Crippen LogP contribution >= 0.6 is 11.3 Å². The summed E-state index contributed by atoms with van der Waals surface area (Å²) in [7, 11) is -0.822. The van der Waals surface area contributed by atoms with Crippen molar-refractivity contribution in [3.05, 3.63) is 40.7 Å². The summed E-state index contributed by atoms with van der Waals surface area (Å²) in [4.78, 5) is 6.00. The Morgan fingerprint density at radius 3 is 2.36 bits per heavy atom. The molecule has 0 unspecified atom stereocenters. The van der Waals surface area contributed by atoms with Crippen LogP contribution in [-0.2, 0) is 10.4 Å². The summed E-state index contributed by atoms with van der Waals surface area (Å²) in [6.07, 6.45) is 0. The molecule has 0 amide bonds. The molecule has 1 heterocycles. The lowest BCUT2D eigenvalue weighted by Gasteiger charge is -2.11. The molecule has 3 N–H and O–H groups in total. The fraction of sp³-hybridized carbons (Fsp3) is 0.250. The average Bonchev–Trinajstić information content (AvgIpc) is 2.49. The van der Waals surface area contributed by atoms with Gasteiger partial charge < -0.3 is 10.3 Å². The van der Waals surface area contributed by atoms with E-state index >= 15 is 0 Å². The van der Waals surface area contributed by atoms with Gasteiger partial charge in [-0.15, -0.1) is 11.3 Å². The molecule has 0 fully saturated rings. The standard InChI is InChI=1S/C16H17N3S.H2O4S/c1-9-10(2)16-15(8-12(9)17)20-14-7-11(19(3)4)5-6-13(14)18-16;1-5(2,3)4/h5-8,17H,1-4H3;(H2,1,2,3,4). The molecule has 1 aromatic carbocycles. The number of nitrogens with two attached hydrogens (primary N) is 1. The molecule has 0 atom stereocenters. The molecule has 7 nitrogen and oxygen atoms in total. The largest absolute Gasteiger partial charge is 0.726 e. The summed E-state index contributed by atoms with van der Waals surface area (Å²) < 4.78 is 36.1. The second kappa shape index (κ2) is 7.04. The van der Waals surface area contributed by atoms with Gasteiger partial charge in [0, 0.05) is 17.8 Å². The Hall–Kier alpha value is -2.07. The molecule has 134 valence electrons. The predicted molar refractivity (Wildman–Crippen MR) is 99.6 cm³/mol. The van der Waals surface area contributed by atoms with E-state index in [0.717, 1.165) is 27.2 Å². The Labute approximate surface area is 150 Å². The second-order valence-corrected chi connectivity index (χ2v) is 7.69. The summed E-state index contributed by atoms with van der Waals surface area (Å²) in [5.41, 5.74) is 11.3. The average molecular weight is 381 g/mol. The summed E-state index contributed by atoms with van der Waals surface area (Å²) in [6, 6.07) is 8.41. The molecule has 0 radical (unpaired) electrons. The van der Waals surface area contributed by atoms with Crippen LogP contribution in [0.1, 0.15) is 11.1 Å². The zero-order valence-electron chi connectivity index (χ0n) is 14.3. The maximum Gasteiger partial charge on any atom is 0.215 e. The summed E-state index contributed by atoms with van der Waals surface area (Å²) in [5.74, 6) is 0. The minimum Gasteiger partial charge on any atom is -0.726 e. The Kier molecular flexibility index (Phi) is 5.43. The number of rotatable bonds is 0. The molecule has 3 rings (SSSR count). The SMILES string of the molecule is Cc1c(N)cc2sc3cc(=[N+](C)C)ccc-3nc2c1C.O=S(=O)([O-])O. The van der Waals surface area contributed by atoms with E-state index in [1.165, 1.54) is 15.8 Å². The third kappa shape index (κ3) is 4.73. The van der Waals surface area contributed by atoms with Crippen molar-refractivity contribution in [3.8, 4) is 10.6 Å². The van der Waals surface area contributed by atoms with Crippen molar-refractivity contribution in [2.45, 2.75) is 13.8 Å². The molecule has 1 aliphatic carbocycles. The molecular weight excluding hydrogens is 362 g/mol. The highest BCUT2D eigenvalue weighted by Gasteiger charge is 2.12. The highest BCUT2D eigenvalue weighted by Crippen LogP contribution is 2.34. The lowest BCUT2D eigenvalue weighted by Crippen LogP contribution is -2.21. The fourth-order valence-corrected chi connectivity index (χ4v) is 3.42. The van der Waals surface area contributed by atoms with Crippen LogP contribution < -0.4 is 15.7 Å².